The van der Waals surface area contributed by atoms with Gasteiger partial charge in [-0.05, 0) is 64.4 Å². The van der Waals surface area contributed by atoms with E-state index in [1.54, 1.807) is 12.4 Å². The summed E-state index contributed by atoms with van der Waals surface area (Å²) >= 11 is 0. The van der Waals surface area contributed by atoms with E-state index in [1.165, 1.54) is 17.7 Å². The molecule has 11 heteroatoms. The lowest BCUT2D eigenvalue weighted by molar-refractivity contribution is 0.0530. The largest absolute Gasteiger partial charge is 0.375 e. The first-order valence-electron chi connectivity index (χ1n) is 14.2. The van der Waals surface area contributed by atoms with Crippen LogP contribution in [-0.2, 0) is 24.4 Å². The number of anilines is 3. The Morgan fingerprint density at radius 2 is 1.95 bits per heavy atom. The monoisotopic (exact) mass is 572 g/mol. The summed E-state index contributed by atoms with van der Waals surface area (Å²) in [6.07, 6.45) is 3.52. The number of halogens is 1. The van der Waals surface area contributed by atoms with Crippen LogP contribution in [-0.4, -0.2) is 84.1 Å². The fourth-order valence-corrected chi connectivity index (χ4v) is 5.98. The fraction of sp³-hybridized carbons (Fsp3) is 0.387. The van der Waals surface area contributed by atoms with Crippen LogP contribution in [0.4, 0.5) is 21.6 Å². The maximum Gasteiger partial charge on any atom is 0.254 e. The highest BCUT2D eigenvalue weighted by Crippen LogP contribution is 2.37. The highest BCUT2D eigenvalue weighted by molar-refractivity contribution is 6.06. The van der Waals surface area contributed by atoms with Crippen molar-refractivity contribution in [1.29, 1.82) is 0 Å². The first-order valence-corrected chi connectivity index (χ1v) is 14.2. The van der Waals surface area contributed by atoms with Gasteiger partial charge in [-0.15, -0.1) is 0 Å². The van der Waals surface area contributed by atoms with Gasteiger partial charge in [-0.2, -0.15) is 0 Å². The van der Waals surface area contributed by atoms with Crippen LogP contribution in [0.15, 0.2) is 42.7 Å². The Labute approximate surface area is 245 Å². The Morgan fingerprint density at radius 3 is 2.71 bits per heavy atom. The van der Waals surface area contributed by atoms with Crippen molar-refractivity contribution < 1.29 is 13.9 Å². The van der Waals surface area contributed by atoms with Gasteiger partial charge in [-0.3, -0.25) is 9.20 Å². The molecule has 2 N–H and O–H groups in total. The molecule has 10 nitrogen and oxygen atoms in total. The number of nitrogens with zero attached hydrogens (tertiary/aromatic N) is 6. The summed E-state index contributed by atoms with van der Waals surface area (Å²) in [5.41, 5.74) is 7.63. The number of aromatic nitrogens is 3. The molecule has 0 aliphatic carbocycles. The van der Waals surface area contributed by atoms with Crippen LogP contribution < -0.4 is 15.5 Å². The Bertz CT molecular complexity index is 1620. The number of rotatable bonds is 8. The van der Waals surface area contributed by atoms with Crippen molar-refractivity contribution in [2.45, 2.75) is 32.7 Å². The molecule has 1 saturated heterocycles. The number of nitrogens with one attached hydrogen (secondary N) is 2. The lowest BCUT2D eigenvalue weighted by Gasteiger charge is -2.36. The summed E-state index contributed by atoms with van der Waals surface area (Å²) in [7, 11) is 8.22. The third-order valence-electron chi connectivity index (χ3n) is 7.63. The smallest absolute Gasteiger partial charge is 0.254 e. The van der Waals surface area contributed by atoms with Crippen LogP contribution in [0.25, 0.3) is 16.9 Å². The number of fused-ring (bicyclic) bond motifs is 2. The average Bonchev–Trinajstić information content (AvgIpc) is 3.52. The average molecular weight is 573 g/mol. The molecule has 0 saturated carbocycles. The molecule has 1 amide bonds. The molecule has 42 heavy (non-hydrogen) atoms. The van der Waals surface area contributed by atoms with Crippen LogP contribution in [0.2, 0.25) is 0 Å². The first kappa shape index (κ1) is 28.1. The number of carbonyl (C=O) groups excluding carboxylic acids is 1. The third-order valence-corrected chi connectivity index (χ3v) is 7.63. The van der Waals surface area contributed by atoms with Crippen molar-refractivity contribution in [3.63, 3.8) is 0 Å². The van der Waals surface area contributed by atoms with E-state index < -0.39 is 0 Å². The molecule has 4 aromatic rings. The van der Waals surface area contributed by atoms with Gasteiger partial charge in [0.05, 0.1) is 47.2 Å². The zero-order chi connectivity index (χ0) is 29.5. The third kappa shape index (κ3) is 5.42. The molecule has 0 bridgehead atoms. The number of pyridine rings is 2. The number of benzene rings is 1. The molecule has 6 rings (SSSR count). The van der Waals surface area contributed by atoms with Gasteiger partial charge < -0.3 is 30.1 Å². The molecule has 5 heterocycles. The predicted molar refractivity (Wildman–Crippen MR) is 162 cm³/mol. The number of morpholine rings is 1. The van der Waals surface area contributed by atoms with Crippen LogP contribution >= 0.6 is 0 Å². The SMILES string of the molecule is C[C@@H]1CN(c2c(CN(C)C)cc(Nc3ccc(-c4cnc5cc(F)ccn45)c4c3C(=O)NC4)nc2CN(C)C)CCO1. The Hall–Kier alpha value is -4.06. The fourth-order valence-electron chi connectivity index (χ4n) is 5.98. The van der Waals surface area contributed by atoms with Crippen LogP contribution in [0.1, 0.15) is 34.1 Å². The maximum atomic E-state index is 13.8. The molecule has 1 atom stereocenters. The normalized spacial score (nSPS) is 16.9. The summed E-state index contributed by atoms with van der Waals surface area (Å²) in [5, 5.41) is 6.47. The summed E-state index contributed by atoms with van der Waals surface area (Å²) in [4.78, 5) is 29.3. The van der Waals surface area contributed by atoms with Gasteiger partial charge >= 0.3 is 0 Å². The van der Waals surface area contributed by atoms with Gasteiger partial charge in [0.25, 0.3) is 5.91 Å². The van der Waals surface area contributed by atoms with E-state index in [-0.39, 0.29) is 17.8 Å². The van der Waals surface area contributed by atoms with Crippen LogP contribution in [0.5, 0.6) is 0 Å². The van der Waals surface area contributed by atoms with Crippen molar-refractivity contribution in [1.82, 2.24) is 29.5 Å². The Balaban J connectivity index is 1.42. The number of carbonyl (C=O) groups is 1. The molecular weight excluding hydrogens is 535 g/mol. The van der Waals surface area contributed by atoms with Crippen molar-refractivity contribution >= 4 is 28.7 Å². The van der Waals surface area contributed by atoms with Crippen molar-refractivity contribution in [3.05, 3.63) is 70.9 Å². The number of imidazole rings is 1. The second-order valence-corrected chi connectivity index (χ2v) is 11.6. The number of amides is 1. The van der Waals surface area contributed by atoms with E-state index >= 15 is 0 Å². The molecule has 3 aromatic heterocycles. The minimum atomic E-state index is -0.342. The lowest BCUT2D eigenvalue weighted by atomic mass is 9.99. The molecule has 220 valence electrons. The van der Waals surface area contributed by atoms with Crippen LogP contribution in [0.3, 0.4) is 0 Å². The van der Waals surface area contributed by atoms with Gasteiger partial charge in [0.1, 0.15) is 17.3 Å². The van der Waals surface area contributed by atoms with E-state index in [1.807, 2.05) is 30.6 Å². The standard InChI is InChI=1S/C31H37FN8O2/c1-19-16-39(10-11-42-19)30-20(17-37(2)3)12-27(36-25(30)18-38(4)5)35-24-7-6-22(23-14-34-31(41)29(23)24)26-15-33-28-13-21(32)8-9-40(26)28/h6-9,12-13,15,19H,10-11,14,16-18H2,1-5H3,(H,34,41)(H,35,36)/t19-/m1/s1. The molecule has 2 aliphatic heterocycles. The van der Waals surface area contributed by atoms with E-state index in [4.69, 9.17) is 9.72 Å². The number of ether oxygens (including phenoxy) is 1. The molecule has 0 unspecified atom stereocenters. The summed E-state index contributed by atoms with van der Waals surface area (Å²) < 4.78 is 21.5. The molecule has 1 aromatic carbocycles. The van der Waals surface area contributed by atoms with Crippen molar-refractivity contribution in [3.8, 4) is 11.3 Å². The number of hydrogen-bond donors (Lipinski definition) is 2. The van der Waals surface area contributed by atoms with Crippen molar-refractivity contribution in [2.75, 3.05) is 58.1 Å². The zero-order valence-electron chi connectivity index (χ0n) is 24.7. The lowest BCUT2D eigenvalue weighted by Crippen LogP contribution is -2.42. The maximum absolute atomic E-state index is 13.8. The van der Waals surface area contributed by atoms with Gasteiger partial charge in [0, 0.05) is 50.6 Å². The van der Waals surface area contributed by atoms with E-state index in [0.29, 0.717) is 42.4 Å². The quantitative estimate of drug-likeness (QED) is 0.329. The predicted octanol–water partition coefficient (Wildman–Crippen LogP) is 3.87. The summed E-state index contributed by atoms with van der Waals surface area (Å²) in [6.45, 7) is 6.21. The molecule has 0 spiro atoms. The van der Waals surface area contributed by atoms with Gasteiger partial charge in [0.2, 0.25) is 0 Å². The second kappa shape index (κ2) is 11.3. The molecule has 1 fully saturated rings. The highest BCUT2D eigenvalue weighted by atomic mass is 19.1. The van der Waals surface area contributed by atoms with E-state index in [9.17, 15) is 9.18 Å². The summed E-state index contributed by atoms with van der Waals surface area (Å²) in [6, 6.07) is 8.80. The minimum absolute atomic E-state index is 0.141. The molecule has 2 aliphatic rings. The zero-order valence-corrected chi connectivity index (χ0v) is 24.7. The second-order valence-electron chi connectivity index (χ2n) is 11.6. The minimum Gasteiger partial charge on any atom is -0.375 e. The van der Waals surface area contributed by atoms with E-state index in [0.717, 1.165) is 47.8 Å². The van der Waals surface area contributed by atoms with Crippen molar-refractivity contribution in [2.24, 2.45) is 0 Å². The Morgan fingerprint density at radius 1 is 1.14 bits per heavy atom. The van der Waals surface area contributed by atoms with Crippen LogP contribution in [0, 0.1) is 5.82 Å². The molecule has 0 radical (unpaired) electrons. The van der Waals surface area contributed by atoms with Gasteiger partial charge in [-0.25, -0.2) is 14.4 Å². The highest BCUT2D eigenvalue weighted by Gasteiger charge is 2.29. The first-order chi connectivity index (χ1) is 20.2. The number of hydrogen-bond acceptors (Lipinski definition) is 8. The van der Waals surface area contributed by atoms with E-state index in [2.05, 4.69) is 57.4 Å². The topological polar surface area (TPSA) is 90.3 Å². The summed E-state index contributed by atoms with van der Waals surface area (Å²) in [5.74, 6) is 0.203. The molecular formula is C31H37FN8O2. The Kier molecular flexibility index (Phi) is 7.56. The van der Waals surface area contributed by atoms with Gasteiger partial charge in [-0.1, -0.05) is 6.07 Å². The van der Waals surface area contributed by atoms with Gasteiger partial charge in [0.15, 0.2) is 0 Å².